The van der Waals surface area contributed by atoms with E-state index >= 15 is 0 Å². The van der Waals surface area contributed by atoms with E-state index in [1.165, 1.54) is 0 Å². The van der Waals surface area contributed by atoms with Crippen molar-refractivity contribution in [2.24, 2.45) is 0 Å². The van der Waals surface area contributed by atoms with Gasteiger partial charge in [-0.15, -0.1) is 24.8 Å². The van der Waals surface area contributed by atoms with Crippen LogP contribution in [0.5, 0.6) is 0 Å². The third kappa shape index (κ3) is 7.64. The molecule has 0 radical (unpaired) electrons. The predicted molar refractivity (Wildman–Crippen MR) is 87.1 cm³/mol. The van der Waals surface area contributed by atoms with Crippen LogP contribution in [-0.2, 0) is 9.53 Å². The molecule has 0 aliphatic carbocycles. The Bertz CT molecular complexity index is 252. The second-order valence-electron chi connectivity index (χ2n) is 5.30. The number of carbonyl (C=O) groups is 1. The molecule has 0 bridgehead atoms. The highest BCUT2D eigenvalue weighted by molar-refractivity contribution is 5.85. The molecule has 1 heterocycles. The van der Waals surface area contributed by atoms with E-state index in [1.54, 1.807) is 0 Å². The summed E-state index contributed by atoms with van der Waals surface area (Å²) >= 11 is 0. The topological polar surface area (TPSA) is 53.6 Å². The van der Waals surface area contributed by atoms with Crippen molar-refractivity contribution >= 4 is 30.7 Å². The Balaban J connectivity index is 0. The Morgan fingerprint density at radius 1 is 1.30 bits per heavy atom. The molecule has 1 aliphatic heterocycles. The minimum Gasteiger partial charge on any atom is -0.378 e. The van der Waals surface area contributed by atoms with E-state index in [1.807, 2.05) is 0 Å². The largest absolute Gasteiger partial charge is 0.378 e. The van der Waals surface area contributed by atoms with E-state index in [9.17, 15) is 4.79 Å². The molecule has 0 aromatic rings. The molecular weight excluding hydrogens is 301 g/mol. The zero-order valence-electron chi connectivity index (χ0n) is 12.8. The summed E-state index contributed by atoms with van der Waals surface area (Å²) in [5.74, 6) is 0.0437. The molecule has 7 heteroatoms. The van der Waals surface area contributed by atoms with Crippen LogP contribution in [0, 0.1) is 0 Å². The second-order valence-corrected chi connectivity index (χ2v) is 5.30. The van der Waals surface area contributed by atoms with Crippen LogP contribution < -0.4 is 10.6 Å². The summed E-state index contributed by atoms with van der Waals surface area (Å²) in [5, 5.41) is 6.12. The van der Waals surface area contributed by atoms with Crippen LogP contribution in [0.3, 0.4) is 0 Å². The Hall–Kier alpha value is -0.0700. The molecule has 122 valence electrons. The predicted octanol–water partition coefficient (Wildman–Crippen LogP) is 1.05. The molecule has 0 spiro atoms. The maximum atomic E-state index is 11.8. The zero-order chi connectivity index (χ0) is 13.5. The first-order chi connectivity index (χ1) is 8.52. The van der Waals surface area contributed by atoms with Gasteiger partial charge in [-0.05, 0) is 27.7 Å². The highest BCUT2D eigenvalue weighted by Crippen LogP contribution is 2.03. The molecule has 0 aromatic heterocycles. The van der Waals surface area contributed by atoms with Gasteiger partial charge >= 0.3 is 0 Å². The van der Waals surface area contributed by atoms with Crippen molar-refractivity contribution in [1.82, 2.24) is 15.5 Å². The summed E-state index contributed by atoms with van der Waals surface area (Å²) in [6, 6.07) is 0.807. The Morgan fingerprint density at radius 2 is 1.90 bits per heavy atom. The Labute approximate surface area is 135 Å². The van der Waals surface area contributed by atoms with E-state index in [-0.39, 0.29) is 36.8 Å². The van der Waals surface area contributed by atoms with Gasteiger partial charge in [-0.25, -0.2) is 0 Å². The fourth-order valence-electron chi connectivity index (χ4n) is 2.28. The van der Waals surface area contributed by atoms with E-state index in [2.05, 4.69) is 43.2 Å². The summed E-state index contributed by atoms with van der Waals surface area (Å²) in [4.78, 5) is 14.2. The standard InChI is InChI=1S/C13H27N3O2.2ClH/c1-10(2)16(11(3)4)7-5-15-13(17)12-9-18-8-6-14-12;;/h10-12,14H,5-9H2,1-4H3,(H,15,17);2*1H. The van der Waals surface area contributed by atoms with E-state index in [0.29, 0.717) is 31.8 Å². The lowest BCUT2D eigenvalue weighted by Crippen LogP contribution is -2.52. The summed E-state index contributed by atoms with van der Waals surface area (Å²) in [6.45, 7) is 12.2. The molecule has 1 saturated heterocycles. The van der Waals surface area contributed by atoms with Crippen molar-refractivity contribution in [3.63, 3.8) is 0 Å². The van der Waals surface area contributed by atoms with Gasteiger partial charge in [-0.2, -0.15) is 0 Å². The summed E-state index contributed by atoms with van der Waals surface area (Å²) in [7, 11) is 0. The van der Waals surface area contributed by atoms with E-state index < -0.39 is 0 Å². The first-order valence-electron chi connectivity index (χ1n) is 6.87. The molecule has 0 saturated carbocycles. The molecule has 1 aliphatic rings. The molecule has 1 rings (SSSR count). The number of amides is 1. The Morgan fingerprint density at radius 3 is 2.35 bits per heavy atom. The van der Waals surface area contributed by atoms with Gasteiger partial charge in [-0.1, -0.05) is 0 Å². The van der Waals surface area contributed by atoms with Crippen LogP contribution in [0.25, 0.3) is 0 Å². The molecule has 1 unspecified atom stereocenters. The van der Waals surface area contributed by atoms with Crippen molar-refractivity contribution in [2.45, 2.75) is 45.8 Å². The van der Waals surface area contributed by atoms with Gasteiger partial charge in [0.25, 0.3) is 0 Å². The van der Waals surface area contributed by atoms with Gasteiger partial charge in [0.15, 0.2) is 0 Å². The van der Waals surface area contributed by atoms with Crippen molar-refractivity contribution in [3.05, 3.63) is 0 Å². The fourth-order valence-corrected chi connectivity index (χ4v) is 2.28. The van der Waals surface area contributed by atoms with Gasteiger partial charge in [0.05, 0.1) is 13.2 Å². The Kier molecular flexibility index (Phi) is 12.9. The number of rotatable bonds is 6. The van der Waals surface area contributed by atoms with Crippen molar-refractivity contribution in [1.29, 1.82) is 0 Å². The summed E-state index contributed by atoms with van der Waals surface area (Å²) < 4.78 is 5.27. The van der Waals surface area contributed by atoms with Crippen LogP contribution in [0.2, 0.25) is 0 Å². The average Bonchev–Trinajstić information content (AvgIpc) is 2.34. The van der Waals surface area contributed by atoms with Gasteiger partial charge in [0, 0.05) is 31.7 Å². The number of nitrogens with one attached hydrogen (secondary N) is 2. The van der Waals surface area contributed by atoms with Crippen LogP contribution in [0.1, 0.15) is 27.7 Å². The first kappa shape index (κ1) is 22.2. The monoisotopic (exact) mass is 329 g/mol. The van der Waals surface area contributed by atoms with Gasteiger partial charge in [0.2, 0.25) is 5.91 Å². The van der Waals surface area contributed by atoms with Gasteiger partial charge in [-0.3, -0.25) is 9.69 Å². The number of hydrogen-bond donors (Lipinski definition) is 2. The molecule has 1 atom stereocenters. The van der Waals surface area contributed by atoms with Crippen LogP contribution in [-0.4, -0.2) is 61.8 Å². The summed E-state index contributed by atoms with van der Waals surface area (Å²) in [5.41, 5.74) is 0. The number of ether oxygens (including phenoxy) is 1. The van der Waals surface area contributed by atoms with Crippen LogP contribution in [0.15, 0.2) is 0 Å². The minimum absolute atomic E-state index is 0. The number of nitrogens with zero attached hydrogens (tertiary/aromatic N) is 1. The zero-order valence-corrected chi connectivity index (χ0v) is 14.5. The third-order valence-electron chi connectivity index (χ3n) is 3.23. The maximum Gasteiger partial charge on any atom is 0.239 e. The number of halogens is 2. The van der Waals surface area contributed by atoms with Gasteiger partial charge in [0.1, 0.15) is 6.04 Å². The third-order valence-corrected chi connectivity index (χ3v) is 3.23. The minimum atomic E-state index is -0.190. The van der Waals surface area contributed by atoms with Crippen LogP contribution in [0.4, 0.5) is 0 Å². The smallest absolute Gasteiger partial charge is 0.239 e. The maximum absolute atomic E-state index is 11.8. The van der Waals surface area contributed by atoms with E-state index in [0.717, 1.165) is 13.1 Å². The lowest BCUT2D eigenvalue weighted by molar-refractivity contribution is -0.126. The molecular formula is C13H29Cl2N3O2. The van der Waals surface area contributed by atoms with Crippen molar-refractivity contribution in [2.75, 3.05) is 32.8 Å². The quantitative estimate of drug-likeness (QED) is 0.765. The normalized spacial score (nSPS) is 18.6. The fraction of sp³-hybridized carbons (Fsp3) is 0.923. The molecule has 2 N–H and O–H groups in total. The van der Waals surface area contributed by atoms with Crippen molar-refractivity contribution in [3.8, 4) is 0 Å². The van der Waals surface area contributed by atoms with Crippen LogP contribution >= 0.6 is 24.8 Å². The molecule has 5 nitrogen and oxygen atoms in total. The number of hydrogen-bond acceptors (Lipinski definition) is 4. The highest BCUT2D eigenvalue weighted by atomic mass is 35.5. The van der Waals surface area contributed by atoms with Crippen molar-refractivity contribution < 1.29 is 9.53 Å². The van der Waals surface area contributed by atoms with E-state index in [4.69, 9.17) is 4.74 Å². The molecule has 1 fully saturated rings. The highest BCUT2D eigenvalue weighted by Gasteiger charge is 2.21. The van der Waals surface area contributed by atoms with Gasteiger partial charge < -0.3 is 15.4 Å². The summed E-state index contributed by atoms with van der Waals surface area (Å²) in [6.07, 6.45) is 0. The average molecular weight is 330 g/mol. The SMILES string of the molecule is CC(C)N(CCNC(=O)C1COCCN1)C(C)C.Cl.Cl. The molecule has 1 amide bonds. The lowest BCUT2D eigenvalue weighted by Gasteiger charge is -2.31. The number of morpholine rings is 1. The molecule has 0 aromatic carbocycles. The lowest BCUT2D eigenvalue weighted by atomic mass is 10.2. The first-order valence-corrected chi connectivity index (χ1v) is 6.87. The molecule has 20 heavy (non-hydrogen) atoms. The number of carbonyl (C=O) groups excluding carboxylic acids is 1. The second kappa shape index (κ2) is 11.6.